The van der Waals surface area contributed by atoms with E-state index in [4.69, 9.17) is 4.74 Å². The fourth-order valence-electron chi connectivity index (χ4n) is 3.15. The van der Waals surface area contributed by atoms with Crippen LogP contribution in [0.1, 0.15) is 25.7 Å². The molecular formula is C12H17NO4. The highest BCUT2D eigenvalue weighted by Gasteiger charge is 2.50. The predicted octanol–water partition coefficient (Wildman–Crippen LogP) is 0.392. The van der Waals surface area contributed by atoms with E-state index in [9.17, 15) is 14.7 Å². The van der Waals surface area contributed by atoms with Crippen LogP contribution in [0.3, 0.4) is 0 Å². The third kappa shape index (κ3) is 1.82. The molecule has 2 N–H and O–H groups in total. The van der Waals surface area contributed by atoms with Crippen molar-refractivity contribution < 1.29 is 19.4 Å². The van der Waals surface area contributed by atoms with Gasteiger partial charge in [0.15, 0.2) is 5.54 Å². The Morgan fingerprint density at radius 2 is 1.94 bits per heavy atom. The van der Waals surface area contributed by atoms with Crippen LogP contribution in [0.25, 0.3) is 0 Å². The summed E-state index contributed by atoms with van der Waals surface area (Å²) in [5.74, 6) is 0.407. The molecule has 2 saturated carbocycles. The van der Waals surface area contributed by atoms with E-state index >= 15 is 0 Å². The average molecular weight is 239 g/mol. The van der Waals surface area contributed by atoms with E-state index in [-0.39, 0.29) is 18.4 Å². The topological polar surface area (TPSA) is 75.6 Å². The molecule has 1 aliphatic heterocycles. The number of carbonyl (C=O) groups is 2. The zero-order valence-electron chi connectivity index (χ0n) is 9.65. The minimum Gasteiger partial charge on any atom is -0.479 e. The summed E-state index contributed by atoms with van der Waals surface area (Å²) < 4.78 is 5.12. The molecule has 1 amide bonds. The van der Waals surface area contributed by atoms with E-state index in [1.54, 1.807) is 0 Å². The first-order valence-corrected chi connectivity index (χ1v) is 6.24. The second-order valence-electron chi connectivity index (χ2n) is 5.60. The van der Waals surface area contributed by atoms with Gasteiger partial charge < -0.3 is 15.2 Å². The lowest BCUT2D eigenvalue weighted by Gasteiger charge is -2.25. The molecule has 3 unspecified atom stereocenters. The number of hydrogen-bond acceptors (Lipinski definition) is 3. The van der Waals surface area contributed by atoms with Crippen molar-refractivity contribution in [2.75, 3.05) is 13.2 Å². The number of fused-ring (bicyclic) bond motifs is 1. The lowest BCUT2D eigenvalue weighted by Crippen LogP contribution is -2.56. The Morgan fingerprint density at radius 3 is 2.47 bits per heavy atom. The molecule has 3 aliphatic rings. The van der Waals surface area contributed by atoms with Crippen LogP contribution in [0, 0.1) is 17.8 Å². The number of carboxylic acids is 1. The molecule has 0 bridgehead atoms. The highest BCUT2D eigenvalue weighted by Crippen LogP contribution is 2.54. The van der Waals surface area contributed by atoms with Gasteiger partial charge in [0.05, 0.1) is 6.61 Å². The molecule has 1 heterocycles. The van der Waals surface area contributed by atoms with Crippen LogP contribution in [0.2, 0.25) is 0 Å². The van der Waals surface area contributed by atoms with Crippen LogP contribution in [0.5, 0.6) is 0 Å². The van der Waals surface area contributed by atoms with E-state index < -0.39 is 11.5 Å². The van der Waals surface area contributed by atoms with Gasteiger partial charge in [0.1, 0.15) is 0 Å². The number of rotatable bonds is 3. The average Bonchev–Trinajstić information content (AvgIpc) is 2.76. The molecular weight excluding hydrogens is 222 g/mol. The highest BCUT2D eigenvalue weighted by molar-refractivity contribution is 5.88. The van der Waals surface area contributed by atoms with Gasteiger partial charge in [-0.15, -0.1) is 0 Å². The van der Waals surface area contributed by atoms with Crippen molar-refractivity contribution in [3.63, 3.8) is 0 Å². The van der Waals surface area contributed by atoms with Gasteiger partial charge in [0.25, 0.3) is 0 Å². The van der Waals surface area contributed by atoms with Crippen LogP contribution >= 0.6 is 0 Å². The van der Waals surface area contributed by atoms with Gasteiger partial charge in [-0.25, -0.2) is 4.79 Å². The van der Waals surface area contributed by atoms with Crippen LogP contribution in [0.4, 0.5) is 0 Å². The molecule has 0 spiro atoms. The van der Waals surface area contributed by atoms with Crippen molar-refractivity contribution in [1.82, 2.24) is 5.32 Å². The van der Waals surface area contributed by atoms with Gasteiger partial charge in [0, 0.05) is 18.9 Å². The monoisotopic (exact) mass is 239 g/mol. The van der Waals surface area contributed by atoms with Gasteiger partial charge in [0.2, 0.25) is 5.91 Å². The summed E-state index contributed by atoms with van der Waals surface area (Å²) in [6.45, 7) is 0.496. The molecule has 2 aliphatic carbocycles. The second kappa shape index (κ2) is 3.70. The maximum Gasteiger partial charge on any atom is 0.331 e. The first kappa shape index (κ1) is 11.0. The number of carboxylic acid groups (broad SMARTS) is 1. The third-order valence-electron chi connectivity index (χ3n) is 4.41. The number of carbonyl (C=O) groups excluding carboxylic acids is 1. The zero-order valence-corrected chi connectivity index (χ0v) is 9.65. The fourth-order valence-corrected chi connectivity index (χ4v) is 3.15. The molecule has 0 aromatic rings. The quantitative estimate of drug-likeness (QED) is 0.747. The van der Waals surface area contributed by atoms with Gasteiger partial charge in [-0.2, -0.15) is 0 Å². The van der Waals surface area contributed by atoms with Crippen molar-refractivity contribution in [3.8, 4) is 0 Å². The number of amides is 1. The minimum absolute atomic E-state index is 0.0237. The standard InChI is InChI=1S/C12H17NO4/c14-10(9-4-7-3-8(7)5-9)13-12(11(15)16)1-2-17-6-12/h7-9H,1-6H2,(H,13,14)(H,15,16). The van der Waals surface area contributed by atoms with Crippen LogP contribution < -0.4 is 5.32 Å². The maximum atomic E-state index is 12.0. The number of hydrogen-bond donors (Lipinski definition) is 2. The summed E-state index contributed by atoms with van der Waals surface area (Å²) >= 11 is 0. The number of ether oxygens (including phenoxy) is 1. The first-order chi connectivity index (χ1) is 8.11. The molecule has 0 radical (unpaired) electrons. The Morgan fingerprint density at radius 1 is 1.24 bits per heavy atom. The van der Waals surface area contributed by atoms with Crippen LogP contribution in [0.15, 0.2) is 0 Å². The van der Waals surface area contributed by atoms with Gasteiger partial charge in [-0.3, -0.25) is 4.79 Å². The Balaban J connectivity index is 1.64. The zero-order chi connectivity index (χ0) is 12.0. The fraction of sp³-hybridized carbons (Fsp3) is 0.833. The van der Waals surface area contributed by atoms with Gasteiger partial charge >= 0.3 is 5.97 Å². The first-order valence-electron chi connectivity index (χ1n) is 6.24. The smallest absolute Gasteiger partial charge is 0.331 e. The molecule has 94 valence electrons. The maximum absolute atomic E-state index is 12.0. The third-order valence-corrected chi connectivity index (χ3v) is 4.41. The SMILES string of the molecule is O=C(NC1(C(=O)O)CCOC1)C1CC2CC2C1. The highest BCUT2D eigenvalue weighted by atomic mass is 16.5. The van der Waals surface area contributed by atoms with Crippen LogP contribution in [-0.4, -0.2) is 35.7 Å². The summed E-state index contributed by atoms with van der Waals surface area (Å²) in [4.78, 5) is 23.3. The number of aliphatic carboxylic acids is 1. The van der Waals surface area contributed by atoms with E-state index in [1.165, 1.54) is 6.42 Å². The summed E-state index contributed by atoms with van der Waals surface area (Å²) in [5, 5.41) is 11.9. The lowest BCUT2D eigenvalue weighted by atomic mass is 9.95. The second-order valence-corrected chi connectivity index (χ2v) is 5.60. The molecule has 5 heteroatoms. The van der Waals surface area contributed by atoms with Crippen molar-refractivity contribution >= 4 is 11.9 Å². The van der Waals surface area contributed by atoms with E-state index in [0.717, 1.165) is 24.7 Å². The van der Waals surface area contributed by atoms with Gasteiger partial charge in [-0.1, -0.05) is 0 Å². The van der Waals surface area contributed by atoms with E-state index in [2.05, 4.69) is 5.32 Å². The van der Waals surface area contributed by atoms with Crippen molar-refractivity contribution in [2.45, 2.75) is 31.2 Å². The summed E-state index contributed by atoms with van der Waals surface area (Å²) in [6, 6.07) is 0. The normalized spacial score (nSPS) is 43.2. The molecule has 0 aromatic heterocycles. The largest absolute Gasteiger partial charge is 0.479 e. The lowest BCUT2D eigenvalue weighted by molar-refractivity contribution is -0.148. The number of nitrogens with one attached hydrogen (secondary N) is 1. The minimum atomic E-state index is -1.18. The Bertz CT molecular complexity index is 352. The van der Waals surface area contributed by atoms with Crippen molar-refractivity contribution in [1.29, 1.82) is 0 Å². The molecule has 17 heavy (non-hydrogen) atoms. The summed E-state index contributed by atoms with van der Waals surface area (Å²) in [7, 11) is 0. The molecule has 5 nitrogen and oxygen atoms in total. The predicted molar refractivity (Wildman–Crippen MR) is 58.3 cm³/mol. The Hall–Kier alpha value is -1.10. The Labute approximate surface area is 99.5 Å². The molecule has 0 aromatic carbocycles. The van der Waals surface area contributed by atoms with E-state index in [0.29, 0.717) is 13.0 Å². The molecule has 1 saturated heterocycles. The molecule has 3 rings (SSSR count). The van der Waals surface area contributed by atoms with Gasteiger partial charge in [-0.05, 0) is 31.1 Å². The summed E-state index contributed by atoms with van der Waals surface area (Å²) in [5.41, 5.74) is -1.18. The summed E-state index contributed by atoms with van der Waals surface area (Å²) in [6.07, 6.45) is 3.50. The van der Waals surface area contributed by atoms with E-state index in [1.807, 2.05) is 0 Å². The van der Waals surface area contributed by atoms with Crippen molar-refractivity contribution in [2.24, 2.45) is 17.8 Å². The molecule has 3 atom stereocenters. The van der Waals surface area contributed by atoms with Crippen molar-refractivity contribution in [3.05, 3.63) is 0 Å². The van der Waals surface area contributed by atoms with Crippen LogP contribution in [-0.2, 0) is 14.3 Å². The molecule has 3 fully saturated rings. The Kier molecular flexibility index (Phi) is 2.40.